The van der Waals surface area contributed by atoms with Gasteiger partial charge in [0, 0.05) is 15.1 Å². The Labute approximate surface area is 151 Å². The minimum absolute atomic E-state index is 0.00725. The number of aromatic nitrogens is 2. The third kappa shape index (κ3) is 2.60. The van der Waals surface area contributed by atoms with Crippen LogP contribution in [0.15, 0.2) is 47.3 Å². The first-order chi connectivity index (χ1) is 11.1. The highest BCUT2D eigenvalue weighted by molar-refractivity contribution is 14.1. The molecule has 3 nitrogen and oxygen atoms in total. The van der Waals surface area contributed by atoms with Gasteiger partial charge in [0.2, 0.25) is 0 Å². The molecule has 0 spiro atoms. The maximum atomic E-state index is 12.6. The van der Waals surface area contributed by atoms with Crippen molar-refractivity contribution in [3.63, 3.8) is 0 Å². The van der Waals surface area contributed by atoms with Crippen molar-refractivity contribution in [3.8, 4) is 0 Å². The Bertz CT molecular complexity index is 1020. The summed E-state index contributed by atoms with van der Waals surface area (Å²) in [7, 11) is 0. The van der Waals surface area contributed by atoms with Gasteiger partial charge in [0.15, 0.2) is 0 Å². The third-order valence-corrected chi connectivity index (χ3v) is 5.26. The van der Waals surface area contributed by atoms with Gasteiger partial charge in [-0.3, -0.25) is 9.36 Å². The number of fused-ring (bicyclic) bond motifs is 2. The number of halogens is 2. The summed E-state index contributed by atoms with van der Waals surface area (Å²) in [5, 5.41) is 1.21. The fourth-order valence-electron chi connectivity index (χ4n) is 2.91. The minimum atomic E-state index is 0.00725. The number of nitrogens with zero attached hydrogens (tertiary/aromatic N) is 2. The first-order valence-corrected chi connectivity index (χ1v) is 8.75. The molecule has 0 radical (unpaired) electrons. The summed E-state index contributed by atoms with van der Waals surface area (Å²) in [4.78, 5) is 17.3. The molecule has 2 aromatic carbocycles. The molecule has 0 fully saturated rings. The summed E-state index contributed by atoms with van der Waals surface area (Å²) in [5.74, 6) is 0.754. The zero-order valence-electron chi connectivity index (χ0n) is 12.1. The van der Waals surface area contributed by atoms with Gasteiger partial charge in [0.25, 0.3) is 5.56 Å². The molecule has 0 amide bonds. The number of hydrogen-bond donors (Lipinski definition) is 0. The van der Waals surface area contributed by atoms with Crippen molar-refractivity contribution in [1.82, 2.24) is 9.55 Å². The van der Waals surface area contributed by atoms with E-state index in [4.69, 9.17) is 16.6 Å². The van der Waals surface area contributed by atoms with Crippen LogP contribution in [0.1, 0.15) is 17.8 Å². The molecule has 1 aliphatic heterocycles. The van der Waals surface area contributed by atoms with E-state index in [1.54, 1.807) is 22.8 Å². The molecule has 4 rings (SSSR count). The second-order valence-electron chi connectivity index (χ2n) is 5.49. The van der Waals surface area contributed by atoms with Crippen molar-refractivity contribution in [2.75, 3.05) is 0 Å². The first kappa shape index (κ1) is 14.9. The normalized spacial score (nSPS) is 15.3. The van der Waals surface area contributed by atoms with Crippen LogP contribution < -0.4 is 5.56 Å². The van der Waals surface area contributed by atoms with Crippen molar-refractivity contribution in [3.05, 3.63) is 72.8 Å². The zero-order valence-corrected chi connectivity index (χ0v) is 15.0. The standard InChI is InChI=1S/C18H12ClIN2O/c19-13-5-6-14-16(10-13)21-17-12(7-8-22(17)18(14)23)9-11-3-1-2-4-15(11)20/h1-6,9-10H,7-8H2/b12-9+. The molecule has 0 N–H and O–H groups in total. The summed E-state index contributed by atoms with van der Waals surface area (Å²) in [5.41, 5.74) is 2.90. The van der Waals surface area contributed by atoms with Crippen LogP contribution in [0, 0.1) is 3.57 Å². The van der Waals surface area contributed by atoms with Gasteiger partial charge in [-0.25, -0.2) is 4.98 Å². The molecular weight excluding hydrogens is 423 g/mol. The summed E-state index contributed by atoms with van der Waals surface area (Å²) < 4.78 is 2.94. The zero-order chi connectivity index (χ0) is 16.0. The molecule has 23 heavy (non-hydrogen) atoms. The third-order valence-electron chi connectivity index (χ3n) is 4.04. The van der Waals surface area contributed by atoms with Crippen LogP contribution in [-0.4, -0.2) is 9.55 Å². The van der Waals surface area contributed by atoms with Gasteiger partial charge in [-0.15, -0.1) is 0 Å². The summed E-state index contributed by atoms with van der Waals surface area (Å²) in [6.07, 6.45) is 2.95. The van der Waals surface area contributed by atoms with Gasteiger partial charge in [-0.2, -0.15) is 0 Å². The predicted octanol–water partition coefficient (Wildman–Crippen LogP) is 4.60. The van der Waals surface area contributed by atoms with E-state index in [-0.39, 0.29) is 5.56 Å². The van der Waals surface area contributed by atoms with Crippen LogP contribution in [0.2, 0.25) is 5.02 Å². The Kier molecular flexibility index (Phi) is 3.73. The Morgan fingerprint density at radius 3 is 2.87 bits per heavy atom. The van der Waals surface area contributed by atoms with Crippen LogP contribution in [-0.2, 0) is 6.54 Å². The maximum absolute atomic E-state index is 12.6. The monoisotopic (exact) mass is 434 g/mol. The van der Waals surface area contributed by atoms with E-state index in [1.807, 2.05) is 12.1 Å². The van der Waals surface area contributed by atoms with Gasteiger partial charge >= 0.3 is 0 Å². The molecule has 1 aromatic heterocycles. The smallest absolute Gasteiger partial charge is 0.261 e. The molecule has 0 atom stereocenters. The summed E-state index contributed by atoms with van der Waals surface area (Å²) >= 11 is 8.37. The van der Waals surface area contributed by atoms with Gasteiger partial charge in [0.1, 0.15) is 5.82 Å². The number of allylic oxidation sites excluding steroid dienone is 1. The minimum Gasteiger partial charge on any atom is -0.292 e. The van der Waals surface area contributed by atoms with E-state index in [0.717, 1.165) is 23.4 Å². The van der Waals surface area contributed by atoms with Crippen LogP contribution in [0.3, 0.4) is 0 Å². The second kappa shape index (κ2) is 5.76. The molecule has 0 bridgehead atoms. The van der Waals surface area contributed by atoms with E-state index in [2.05, 4.69) is 40.8 Å². The fourth-order valence-corrected chi connectivity index (χ4v) is 3.62. The quantitative estimate of drug-likeness (QED) is 0.525. The molecule has 5 heteroatoms. The first-order valence-electron chi connectivity index (χ1n) is 7.29. The Morgan fingerprint density at radius 2 is 2.04 bits per heavy atom. The number of rotatable bonds is 1. The molecule has 1 aliphatic rings. The molecule has 0 saturated carbocycles. The number of hydrogen-bond acceptors (Lipinski definition) is 2. The predicted molar refractivity (Wildman–Crippen MR) is 103 cm³/mol. The van der Waals surface area contributed by atoms with E-state index in [0.29, 0.717) is 22.5 Å². The molecule has 0 aliphatic carbocycles. The van der Waals surface area contributed by atoms with Crippen molar-refractivity contribution >= 4 is 56.7 Å². The molecule has 3 aromatic rings. The van der Waals surface area contributed by atoms with Gasteiger partial charge in [-0.05, 0) is 70.5 Å². The van der Waals surface area contributed by atoms with E-state index in [9.17, 15) is 4.79 Å². The van der Waals surface area contributed by atoms with Crippen LogP contribution in [0.5, 0.6) is 0 Å². The highest BCUT2D eigenvalue weighted by Gasteiger charge is 2.21. The van der Waals surface area contributed by atoms with Crippen molar-refractivity contribution in [2.24, 2.45) is 0 Å². The Balaban J connectivity index is 1.93. The van der Waals surface area contributed by atoms with Gasteiger partial charge in [0.05, 0.1) is 10.9 Å². The summed E-state index contributed by atoms with van der Waals surface area (Å²) in [6, 6.07) is 13.4. The van der Waals surface area contributed by atoms with Crippen LogP contribution in [0.4, 0.5) is 0 Å². The lowest BCUT2D eigenvalue weighted by atomic mass is 10.1. The highest BCUT2D eigenvalue weighted by atomic mass is 127. The lowest BCUT2D eigenvalue weighted by molar-refractivity contribution is 0.725. The number of benzene rings is 2. The molecule has 2 heterocycles. The average Bonchev–Trinajstić information content (AvgIpc) is 2.93. The highest BCUT2D eigenvalue weighted by Crippen LogP contribution is 2.29. The van der Waals surface area contributed by atoms with E-state index >= 15 is 0 Å². The average molecular weight is 435 g/mol. The van der Waals surface area contributed by atoms with Gasteiger partial charge < -0.3 is 0 Å². The topological polar surface area (TPSA) is 34.9 Å². The summed E-state index contributed by atoms with van der Waals surface area (Å²) in [6.45, 7) is 0.676. The van der Waals surface area contributed by atoms with Crippen LogP contribution >= 0.6 is 34.2 Å². The van der Waals surface area contributed by atoms with E-state index < -0.39 is 0 Å². The molecular formula is C18H12ClIN2O. The molecule has 0 unspecified atom stereocenters. The SMILES string of the molecule is O=c1c2ccc(Cl)cc2nc2n1CC/C2=C\c1ccccc1I. The lowest BCUT2D eigenvalue weighted by Crippen LogP contribution is -2.20. The van der Waals surface area contributed by atoms with Crippen molar-refractivity contribution < 1.29 is 0 Å². The Morgan fingerprint density at radius 1 is 1.22 bits per heavy atom. The molecule has 0 saturated heterocycles. The lowest BCUT2D eigenvalue weighted by Gasteiger charge is -2.06. The molecule has 114 valence electrons. The van der Waals surface area contributed by atoms with E-state index in [1.165, 1.54) is 3.57 Å². The van der Waals surface area contributed by atoms with Gasteiger partial charge in [-0.1, -0.05) is 29.8 Å². The second-order valence-corrected chi connectivity index (χ2v) is 7.09. The maximum Gasteiger partial charge on any atom is 0.261 e. The largest absolute Gasteiger partial charge is 0.292 e. The van der Waals surface area contributed by atoms with Crippen molar-refractivity contribution in [1.29, 1.82) is 0 Å². The van der Waals surface area contributed by atoms with Crippen molar-refractivity contribution in [2.45, 2.75) is 13.0 Å². The Hall–Kier alpha value is -1.66. The van der Waals surface area contributed by atoms with Crippen LogP contribution in [0.25, 0.3) is 22.6 Å². The fraction of sp³-hybridized carbons (Fsp3) is 0.111.